The van der Waals surface area contributed by atoms with Crippen molar-refractivity contribution in [1.29, 1.82) is 0 Å². The highest BCUT2D eigenvalue weighted by Gasteiger charge is 2.37. The van der Waals surface area contributed by atoms with Crippen LogP contribution in [0.4, 0.5) is 0 Å². The Balaban J connectivity index is 1.99. The Morgan fingerprint density at radius 3 is 2.74 bits per heavy atom. The number of ether oxygens (including phenoxy) is 1. The average Bonchev–Trinajstić information content (AvgIpc) is 2.70. The molecule has 0 aromatic rings. The fraction of sp³-hybridized carbons (Fsp3) is 0.667. The zero-order valence-corrected chi connectivity index (χ0v) is 11.8. The van der Waals surface area contributed by atoms with Crippen molar-refractivity contribution < 1.29 is 19.7 Å². The Kier molecular flexibility index (Phi) is 3.72. The summed E-state index contributed by atoms with van der Waals surface area (Å²) in [7, 11) is 0. The van der Waals surface area contributed by atoms with Gasteiger partial charge in [0, 0.05) is 12.3 Å². The largest absolute Gasteiger partial charge is 0.508 e. The minimum atomic E-state index is -0.559. The molecule has 2 aliphatic rings. The van der Waals surface area contributed by atoms with Crippen molar-refractivity contribution in [2.45, 2.75) is 58.2 Å². The van der Waals surface area contributed by atoms with Gasteiger partial charge in [-0.05, 0) is 57.3 Å². The third-order valence-electron chi connectivity index (χ3n) is 4.42. The van der Waals surface area contributed by atoms with Crippen LogP contribution in [0.3, 0.4) is 0 Å². The van der Waals surface area contributed by atoms with Crippen molar-refractivity contribution in [3.05, 3.63) is 23.0 Å². The molecule has 0 bridgehead atoms. The molecule has 106 valence electrons. The van der Waals surface area contributed by atoms with E-state index in [-0.39, 0.29) is 17.6 Å². The van der Waals surface area contributed by atoms with E-state index < -0.39 is 11.7 Å². The number of rotatable bonds is 3. The Hall–Kier alpha value is -1.29. The van der Waals surface area contributed by atoms with Crippen LogP contribution in [0.15, 0.2) is 23.0 Å². The zero-order valence-electron chi connectivity index (χ0n) is 11.8. The second-order valence-electron chi connectivity index (χ2n) is 5.93. The first kappa shape index (κ1) is 14.1. The first-order chi connectivity index (χ1) is 8.82. The van der Waals surface area contributed by atoms with E-state index in [1.54, 1.807) is 13.0 Å². The lowest BCUT2D eigenvalue weighted by Gasteiger charge is -2.30. The first-order valence-corrected chi connectivity index (χ1v) is 6.81. The van der Waals surface area contributed by atoms with Crippen LogP contribution in [0.5, 0.6) is 0 Å². The van der Waals surface area contributed by atoms with Crippen LogP contribution in [0.25, 0.3) is 0 Å². The summed E-state index contributed by atoms with van der Waals surface area (Å²) in [6.45, 7) is 5.58. The molecule has 3 unspecified atom stereocenters. The molecule has 19 heavy (non-hydrogen) atoms. The van der Waals surface area contributed by atoms with Crippen LogP contribution >= 0.6 is 0 Å². The summed E-state index contributed by atoms with van der Waals surface area (Å²) in [5.74, 6) is -0.00167. The van der Waals surface area contributed by atoms with E-state index in [4.69, 9.17) is 4.74 Å². The molecule has 3 atom stereocenters. The predicted octanol–water partition coefficient (Wildman–Crippen LogP) is 2.63. The lowest BCUT2D eigenvalue weighted by atomic mass is 9.82. The van der Waals surface area contributed by atoms with Gasteiger partial charge in [0.2, 0.25) is 0 Å². The van der Waals surface area contributed by atoms with E-state index >= 15 is 0 Å². The number of carbonyl (C=O) groups is 1. The fourth-order valence-corrected chi connectivity index (χ4v) is 2.80. The Morgan fingerprint density at radius 1 is 1.47 bits per heavy atom. The molecule has 0 aromatic carbocycles. The molecule has 4 heteroatoms. The third kappa shape index (κ3) is 2.84. The smallest absolute Gasteiger partial charge is 0.306 e. The number of aliphatic hydroxyl groups is 2. The van der Waals surface area contributed by atoms with Crippen LogP contribution < -0.4 is 0 Å². The Bertz CT molecular complexity index is 449. The normalized spacial score (nSPS) is 35.4. The van der Waals surface area contributed by atoms with E-state index in [9.17, 15) is 15.0 Å². The van der Waals surface area contributed by atoms with Crippen LogP contribution in [-0.4, -0.2) is 27.9 Å². The average molecular weight is 266 g/mol. The molecule has 4 nitrogen and oxygen atoms in total. The molecular formula is C15H22O4. The van der Waals surface area contributed by atoms with E-state index in [1.807, 2.05) is 13.8 Å². The van der Waals surface area contributed by atoms with Gasteiger partial charge in [0.25, 0.3) is 0 Å². The van der Waals surface area contributed by atoms with Crippen LogP contribution in [0.1, 0.15) is 46.5 Å². The number of aliphatic hydroxyl groups excluding tert-OH is 2. The summed E-state index contributed by atoms with van der Waals surface area (Å²) >= 11 is 0. The highest BCUT2D eigenvalue weighted by Crippen LogP contribution is 2.36. The number of esters is 1. The maximum absolute atomic E-state index is 11.2. The molecule has 0 amide bonds. The van der Waals surface area contributed by atoms with Gasteiger partial charge >= 0.3 is 5.97 Å². The molecule has 0 saturated carbocycles. The van der Waals surface area contributed by atoms with Crippen LogP contribution in [-0.2, 0) is 9.53 Å². The van der Waals surface area contributed by atoms with Gasteiger partial charge in [0.1, 0.15) is 11.4 Å². The van der Waals surface area contributed by atoms with Gasteiger partial charge in [-0.15, -0.1) is 0 Å². The molecule has 1 aliphatic heterocycles. The van der Waals surface area contributed by atoms with Crippen LogP contribution in [0.2, 0.25) is 0 Å². The molecule has 1 saturated heterocycles. The van der Waals surface area contributed by atoms with Gasteiger partial charge in [-0.2, -0.15) is 0 Å². The second kappa shape index (κ2) is 5.00. The number of allylic oxidation sites excluding steroid dienone is 1. The third-order valence-corrected chi connectivity index (χ3v) is 4.42. The van der Waals surface area contributed by atoms with Gasteiger partial charge in [-0.1, -0.05) is 0 Å². The van der Waals surface area contributed by atoms with Crippen molar-refractivity contribution in [2.24, 2.45) is 5.92 Å². The zero-order chi connectivity index (χ0) is 14.2. The lowest BCUT2D eigenvalue weighted by Crippen LogP contribution is -2.29. The molecule has 1 aliphatic carbocycles. The summed E-state index contributed by atoms with van der Waals surface area (Å²) in [5, 5.41) is 20.1. The number of cyclic esters (lactones) is 1. The minimum absolute atomic E-state index is 0.111. The minimum Gasteiger partial charge on any atom is -0.508 e. The highest BCUT2D eigenvalue weighted by molar-refractivity contribution is 5.72. The first-order valence-electron chi connectivity index (χ1n) is 6.81. The molecule has 0 radical (unpaired) electrons. The Morgan fingerprint density at radius 2 is 2.16 bits per heavy atom. The molecule has 0 aromatic heterocycles. The molecular weight excluding hydrogens is 244 g/mol. The van der Waals surface area contributed by atoms with Crippen molar-refractivity contribution in [3.63, 3.8) is 0 Å². The number of hydrogen-bond donors (Lipinski definition) is 2. The van der Waals surface area contributed by atoms with Gasteiger partial charge in [0.05, 0.1) is 6.10 Å². The predicted molar refractivity (Wildman–Crippen MR) is 71.5 cm³/mol. The fourth-order valence-electron chi connectivity index (χ4n) is 2.80. The quantitative estimate of drug-likeness (QED) is 0.771. The Labute approximate surface area is 113 Å². The highest BCUT2D eigenvalue weighted by atomic mass is 16.6. The van der Waals surface area contributed by atoms with Gasteiger partial charge in [-0.3, -0.25) is 4.79 Å². The molecule has 1 heterocycles. The summed E-state index contributed by atoms with van der Waals surface area (Å²) < 4.78 is 5.33. The second-order valence-corrected chi connectivity index (χ2v) is 5.93. The van der Waals surface area contributed by atoms with Crippen LogP contribution in [0, 0.1) is 5.92 Å². The summed E-state index contributed by atoms with van der Waals surface area (Å²) in [5.41, 5.74) is 1.16. The van der Waals surface area contributed by atoms with Gasteiger partial charge < -0.3 is 14.9 Å². The standard InChI is InChI=1S/C15H22O4/c1-9-10(2)14(18)11(8-12(9)16)4-6-15(3)7-5-13(17)19-15/h8,11,14,16,18H,4-7H2,1-3H3. The van der Waals surface area contributed by atoms with E-state index in [1.165, 1.54) is 0 Å². The van der Waals surface area contributed by atoms with E-state index in [0.717, 1.165) is 17.6 Å². The van der Waals surface area contributed by atoms with Gasteiger partial charge in [-0.25, -0.2) is 0 Å². The van der Waals surface area contributed by atoms with Crippen molar-refractivity contribution in [1.82, 2.24) is 0 Å². The van der Waals surface area contributed by atoms with Crippen molar-refractivity contribution >= 4 is 5.97 Å². The summed E-state index contributed by atoms with van der Waals surface area (Å²) in [4.78, 5) is 11.2. The summed E-state index contributed by atoms with van der Waals surface area (Å²) in [6.07, 6.45) is 3.77. The monoisotopic (exact) mass is 266 g/mol. The maximum atomic E-state index is 11.2. The maximum Gasteiger partial charge on any atom is 0.306 e. The molecule has 1 fully saturated rings. The molecule has 2 N–H and O–H groups in total. The lowest BCUT2D eigenvalue weighted by molar-refractivity contribution is -0.147. The topological polar surface area (TPSA) is 66.8 Å². The van der Waals surface area contributed by atoms with Crippen molar-refractivity contribution in [3.8, 4) is 0 Å². The molecule has 0 spiro atoms. The summed E-state index contributed by atoms with van der Waals surface area (Å²) in [6, 6.07) is 0. The van der Waals surface area contributed by atoms with Gasteiger partial charge in [0.15, 0.2) is 0 Å². The van der Waals surface area contributed by atoms with E-state index in [2.05, 4.69) is 0 Å². The number of hydrogen-bond acceptors (Lipinski definition) is 4. The number of carbonyl (C=O) groups excluding carboxylic acids is 1. The SMILES string of the molecule is CC1=C(C)C(O)C(CCC2(C)CCC(=O)O2)C=C1O. The van der Waals surface area contributed by atoms with E-state index in [0.29, 0.717) is 19.3 Å². The van der Waals surface area contributed by atoms with Crippen molar-refractivity contribution in [2.75, 3.05) is 0 Å². The molecule has 2 rings (SSSR count).